The van der Waals surface area contributed by atoms with E-state index >= 15 is 0 Å². The van der Waals surface area contributed by atoms with Crippen LogP contribution in [0.15, 0.2) is 54.6 Å². The molecule has 2 aromatic rings. The van der Waals surface area contributed by atoms with E-state index in [2.05, 4.69) is 29.2 Å². The zero-order valence-electron chi connectivity index (χ0n) is 15.8. The van der Waals surface area contributed by atoms with Crippen molar-refractivity contribution in [2.75, 3.05) is 6.54 Å². The van der Waals surface area contributed by atoms with E-state index in [4.69, 9.17) is 9.47 Å². The second-order valence-corrected chi connectivity index (χ2v) is 7.91. The van der Waals surface area contributed by atoms with Crippen molar-refractivity contribution in [3.63, 3.8) is 0 Å². The maximum absolute atomic E-state index is 12.7. The molecular formula is C23H23NO4. The SMILES string of the molecule is C[C@@H]1OC(=O)[C@@H]2[C@@H]1N1CCc3ccccc3[C@H]1C[C@@H]2OC(=O)c1ccccc1. The molecule has 144 valence electrons. The molecule has 0 saturated carbocycles. The van der Waals surface area contributed by atoms with Crippen molar-refractivity contribution in [1.82, 2.24) is 4.90 Å². The van der Waals surface area contributed by atoms with Crippen molar-refractivity contribution in [3.8, 4) is 0 Å². The molecule has 5 heteroatoms. The fourth-order valence-corrected chi connectivity index (χ4v) is 5.17. The fraction of sp³-hybridized carbons (Fsp3) is 0.391. The molecule has 3 heterocycles. The minimum atomic E-state index is -0.484. The Morgan fingerprint density at radius 1 is 1.11 bits per heavy atom. The van der Waals surface area contributed by atoms with Crippen LogP contribution in [0.3, 0.4) is 0 Å². The summed E-state index contributed by atoms with van der Waals surface area (Å²) in [5, 5.41) is 0. The van der Waals surface area contributed by atoms with Crippen LogP contribution in [0.25, 0.3) is 0 Å². The maximum Gasteiger partial charge on any atom is 0.338 e. The van der Waals surface area contributed by atoms with Gasteiger partial charge in [0.1, 0.15) is 18.1 Å². The van der Waals surface area contributed by atoms with Gasteiger partial charge in [-0.05, 0) is 36.6 Å². The number of esters is 2. The highest BCUT2D eigenvalue weighted by Gasteiger charge is 2.57. The third-order valence-electron chi connectivity index (χ3n) is 6.38. The molecule has 0 radical (unpaired) electrons. The van der Waals surface area contributed by atoms with Crippen molar-refractivity contribution in [1.29, 1.82) is 0 Å². The van der Waals surface area contributed by atoms with E-state index in [-0.39, 0.29) is 30.1 Å². The number of carbonyl (C=O) groups excluding carboxylic acids is 2. The molecule has 0 bridgehead atoms. The number of fused-ring (bicyclic) bond motifs is 5. The standard InChI is InChI=1S/C23H23NO4/c1-14-21-20(23(26)27-14)19(28-22(25)16-8-3-2-4-9-16)13-18-17-10-6-5-7-15(17)11-12-24(18)21/h2-10,14,18-21H,11-13H2,1H3/t14-,18+,19-,20-,21+/m0/s1. The molecule has 5 rings (SSSR count). The Bertz CT molecular complexity index is 912. The first-order chi connectivity index (χ1) is 13.6. The number of carbonyl (C=O) groups is 2. The highest BCUT2D eigenvalue weighted by molar-refractivity contribution is 5.89. The topological polar surface area (TPSA) is 55.8 Å². The van der Waals surface area contributed by atoms with Gasteiger partial charge in [-0.3, -0.25) is 9.69 Å². The van der Waals surface area contributed by atoms with E-state index in [0.717, 1.165) is 13.0 Å². The van der Waals surface area contributed by atoms with E-state index in [9.17, 15) is 9.59 Å². The number of cyclic esters (lactones) is 1. The van der Waals surface area contributed by atoms with Crippen molar-refractivity contribution in [2.24, 2.45) is 5.92 Å². The van der Waals surface area contributed by atoms with Crippen LogP contribution >= 0.6 is 0 Å². The van der Waals surface area contributed by atoms with Crippen molar-refractivity contribution in [2.45, 2.75) is 44.1 Å². The Hall–Kier alpha value is -2.66. The molecule has 0 aromatic heterocycles. The average molecular weight is 377 g/mol. The zero-order valence-corrected chi connectivity index (χ0v) is 15.8. The summed E-state index contributed by atoms with van der Waals surface area (Å²) in [5.41, 5.74) is 3.12. The van der Waals surface area contributed by atoms with Gasteiger partial charge in [0.15, 0.2) is 0 Å². The van der Waals surface area contributed by atoms with Crippen molar-refractivity contribution in [3.05, 3.63) is 71.3 Å². The average Bonchev–Trinajstić information content (AvgIpc) is 3.03. The monoisotopic (exact) mass is 377 g/mol. The van der Waals surface area contributed by atoms with Gasteiger partial charge in [0.2, 0.25) is 0 Å². The first-order valence-electron chi connectivity index (χ1n) is 9.93. The first kappa shape index (κ1) is 17.4. The third kappa shape index (κ3) is 2.73. The van der Waals surface area contributed by atoms with Crippen LogP contribution in [0.1, 0.15) is 40.9 Å². The van der Waals surface area contributed by atoms with Crippen molar-refractivity contribution >= 4 is 11.9 Å². The first-order valence-corrected chi connectivity index (χ1v) is 9.93. The smallest absolute Gasteiger partial charge is 0.338 e. The largest absolute Gasteiger partial charge is 0.461 e. The second kappa shape index (κ2) is 6.74. The van der Waals surface area contributed by atoms with Crippen molar-refractivity contribution < 1.29 is 19.1 Å². The highest BCUT2D eigenvalue weighted by atomic mass is 16.6. The molecule has 5 nitrogen and oxygen atoms in total. The Labute approximate surface area is 164 Å². The number of hydrogen-bond acceptors (Lipinski definition) is 5. The predicted octanol–water partition coefficient (Wildman–Crippen LogP) is 3.15. The van der Waals surface area contributed by atoms with Crippen LogP contribution in [0, 0.1) is 5.92 Å². The predicted molar refractivity (Wildman–Crippen MR) is 103 cm³/mol. The Kier molecular flexibility index (Phi) is 4.20. The lowest BCUT2D eigenvalue weighted by Gasteiger charge is -2.48. The number of nitrogens with zero attached hydrogens (tertiary/aromatic N) is 1. The molecule has 0 amide bonds. The molecule has 3 aliphatic rings. The van der Waals surface area contributed by atoms with E-state index in [1.807, 2.05) is 25.1 Å². The molecular weight excluding hydrogens is 354 g/mol. The summed E-state index contributed by atoms with van der Waals surface area (Å²) in [7, 11) is 0. The lowest BCUT2D eigenvalue weighted by atomic mass is 9.77. The molecule has 2 aromatic carbocycles. The minimum absolute atomic E-state index is 0.0619. The number of rotatable bonds is 2. The quantitative estimate of drug-likeness (QED) is 0.753. The van der Waals surface area contributed by atoms with Crippen LogP contribution in [-0.2, 0) is 20.7 Å². The molecule has 28 heavy (non-hydrogen) atoms. The van der Waals surface area contributed by atoms with Crippen LogP contribution in [0.5, 0.6) is 0 Å². The van der Waals surface area contributed by atoms with E-state index in [0.29, 0.717) is 12.0 Å². The van der Waals surface area contributed by atoms with Crippen LogP contribution in [-0.4, -0.2) is 41.6 Å². The fourth-order valence-electron chi connectivity index (χ4n) is 5.17. The van der Waals surface area contributed by atoms with Gasteiger partial charge in [0.25, 0.3) is 0 Å². The number of benzene rings is 2. The van der Waals surface area contributed by atoms with Gasteiger partial charge in [0.05, 0.1) is 11.6 Å². The van der Waals surface area contributed by atoms with Gasteiger partial charge in [-0.1, -0.05) is 42.5 Å². The summed E-state index contributed by atoms with van der Waals surface area (Å²) in [6.45, 7) is 2.84. The van der Waals surface area contributed by atoms with Crippen LogP contribution in [0.4, 0.5) is 0 Å². The van der Waals surface area contributed by atoms with E-state index in [1.54, 1.807) is 12.1 Å². The number of hydrogen-bond donors (Lipinski definition) is 0. The molecule has 5 atom stereocenters. The summed E-state index contributed by atoms with van der Waals surface area (Å²) in [6.07, 6.45) is 0.884. The minimum Gasteiger partial charge on any atom is -0.461 e. The van der Waals surface area contributed by atoms with Gasteiger partial charge in [0, 0.05) is 19.0 Å². The van der Waals surface area contributed by atoms with Crippen LogP contribution in [0.2, 0.25) is 0 Å². The van der Waals surface area contributed by atoms with Gasteiger partial charge >= 0.3 is 11.9 Å². The van der Waals surface area contributed by atoms with Gasteiger partial charge < -0.3 is 9.47 Å². The summed E-state index contributed by atoms with van der Waals surface area (Å²) in [6, 6.07) is 17.5. The Morgan fingerprint density at radius 2 is 1.86 bits per heavy atom. The molecule has 0 spiro atoms. The lowest BCUT2D eigenvalue weighted by molar-refractivity contribution is -0.147. The summed E-state index contributed by atoms with van der Waals surface area (Å²) in [5.74, 6) is -1.06. The number of ether oxygens (including phenoxy) is 2. The summed E-state index contributed by atoms with van der Waals surface area (Å²) < 4.78 is 11.5. The van der Waals surface area contributed by atoms with E-state index in [1.165, 1.54) is 11.1 Å². The zero-order chi connectivity index (χ0) is 19.3. The summed E-state index contributed by atoms with van der Waals surface area (Å²) in [4.78, 5) is 27.7. The molecule has 0 aliphatic carbocycles. The summed E-state index contributed by atoms with van der Waals surface area (Å²) >= 11 is 0. The Morgan fingerprint density at radius 3 is 2.68 bits per heavy atom. The number of piperidine rings is 1. The highest BCUT2D eigenvalue weighted by Crippen LogP contribution is 2.46. The van der Waals surface area contributed by atoms with Gasteiger partial charge in [-0.25, -0.2) is 4.79 Å². The van der Waals surface area contributed by atoms with Crippen LogP contribution < -0.4 is 0 Å². The third-order valence-corrected chi connectivity index (χ3v) is 6.38. The second-order valence-electron chi connectivity index (χ2n) is 7.91. The molecule has 0 unspecified atom stereocenters. The van der Waals surface area contributed by atoms with Gasteiger partial charge in [-0.15, -0.1) is 0 Å². The molecule has 2 fully saturated rings. The maximum atomic E-state index is 12.7. The van der Waals surface area contributed by atoms with Gasteiger partial charge in [-0.2, -0.15) is 0 Å². The molecule has 0 N–H and O–H groups in total. The normalized spacial score (nSPS) is 31.3. The van der Waals surface area contributed by atoms with E-state index < -0.39 is 12.0 Å². The molecule has 3 aliphatic heterocycles. The molecule has 2 saturated heterocycles. The Balaban J connectivity index is 1.49. The lowest BCUT2D eigenvalue weighted by Crippen LogP contribution is -2.57.